The monoisotopic (exact) mass is 473 g/mol. The molecule has 0 aliphatic carbocycles. The van der Waals surface area contributed by atoms with E-state index in [0.717, 1.165) is 11.3 Å². The highest BCUT2D eigenvalue weighted by molar-refractivity contribution is 7.89. The van der Waals surface area contributed by atoms with Crippen molar-refractivity contribution in [2.75, 3.05) is 32.1 Å². The number of methoxy groups -OCH3 is 1. The Morgan fingerprint density at radius 3 is 2.76 bits per heavy atom. The van der Waals surface area contributed by atoms with Gasteiger partial charge in [0.2, 0.25) is 15.9 Å². The van der Waals surface area contributed by atoms with Crippen molar-refractivity contribution >= 4 is 27.5 Å². The summed E-state index contributed by atoms with van der Waals surface area (Å²) in [7, 11) is -2.24. The maximum Gasteiger partial charge on any atom is 0.262 e. The molecule has 0 unspecified atom stereocenters. The van der Waals surface area contributed by atoms with Gasteiger partial charge in [-0.05, 0) is 49.1 Å². The summed E-state index contributed by atoms with van der Waals surface area (Å²) in [5.41, 5.74) is 1.89. The molecule has 4 rings (SSSR count). The third kappa shape index (κ3) is 4.96. The SMILES string of the molecule is COc1ccc(CNC(=O)[C@@H]2CCCN(S(=O)(=O)c3cc4c(cc3C)NC(=O)CO4)C2)cc1. The van der Waals surface area contributed by atoms with Crippen LogP contribution in [0.2, 0.25) is 0 Å². The first kappa shape index (κ1) is 23.1. The molecule has 0 radical (unpaired) electrons. The Balaban J connectivity index is 1.45. The second-order valence-corrected chi connectivity index (χ2v) is 10.1. The number of anilines is 1. The molecule has 1 atom stereocenters. The fourth-order valence-electron chi connectivity index (χ4n) is 4.08. The topological polar surface area (TPSA) is 114 Å². The van der Waals surface area contributed by atoms with Crippen LogP contribution in [0.15, 0.2) is 41.3 Å². The first-order chi connectivity index (χ1) is 15.8. The molecule has 2 aliphatic heterocycles. The minimum absolute atomic E-state index is 0.116. The van der Waals surface area contributed by atoms with E-state index >= 15 is 0 Å². The van der Waals surface area contributed by atoms with Crippen LogP contribution in [0, 0.1) is 12.8 Å². The van der Waals surface area contributed by atoms with Gasteiger partial charge in [0.05, 0.1) is 23.6 Å². The van der Waals surface area contributed by atoms with Crippen molar-refractivity contribution in [2.24, 2.45) is 5.92 Å². The number of nitrogens with one attached hydrogen (secondary N) is 2. The Bertz CT molecular complexity index is 1160. The number of rotatable bonds is 6. The summed E-state index contributed by atoms with van der Waals surface area (Å²) < 4.78 is 38.7. The van der Waals surface area contributed by atoms with Crippen molar-refractivity contribution in [3.8, 4) is 11.5 Å². The summed E-state index contributed by atoms with van der Waals surface area (Å²) in [5, 5.41) is 5.60. The smallest absolute Gasteiger partial charge is 0.262 e. The number of carbonyl (C=O) groups is 2. The van der Waals surface area contributed by atoms with E-state index in [2.05, 4.69) is 10.6 Å². The lowest BCUT2D eigenvalue weighted by Gasteiger charge is -2.32. The van der Waals surface area contributed by atoms with Gasteiger partial charge in [0.1, 0.15) is 11.5 Å². The molecule has 10 heteroatoms. The van der Waals surface area contributed by atoms with Crippen LogP contribution in [0.1, 0.15) is 24.0 Å². The first-order valence-corrected chi connectivity index (χ1v) is 12.2. The van der Waals surface area contributed by atoms with Gasteiger partial charge in [-0.15, -0.1) is 0 Å². The van der Waals surface area contributed by atoms with E-state index in [1.165, 1.54) is 10.4 Å². The molecule has 0 spiro atoms. The molecule has 0 saturated carbocycles. The molecule has 2 aromatic rings. The Kier molecular flexibility index (Phi) is 6.57. The number of sulfonamides is 1. The Morgan fingerprint density at radius 1 is 1.27 bits per heavy atom. The molecular formula is C23H27N3O6S. The number of fused-ring (bicyclic) bond motifs is 1. The lowest BCUT2D eigenvalue weighted by Crippen LogP contribution is -2.45. The summed E-state index contributed by atoms with van der Waals surface area (Å²) in [6.45, 7) is 2.34. The molecule has 33 heavy (non-hydrogen) atoms. The Morgan fingerprint density at radius 2 is 2.03 bits per heavy atom. The fraction of sp³-hybridized carbons (Fsp3) is 0.391. The van der Waals surface area contributed by atoms with Gasteiger partial charge < -0.3 is 20.1 Å². The van der Waals surface area contributed by atoms with Gasteiger partial charge in [0.15, 0.2) is 6.61 Å². The van der Waals surface area contributed by atoms with Crippen molar-refractivity contribution in [3.05, 3.63) is 47.5 Å². The van der Waals surface area contributed by atoms with E-state index in [0.29, 0.717) is 42.9 Å². The third-order valence-electron chi connectivity index (χ3n) is 5.91. The molecule has 2 aromatic carbocycles. The van der Waals surface area contributed by atoms with Crippen LogP contribution in [0.25, 0.3) is 0 Å². The minimum Gasteiger partial charge on any atom is -0.497 e. The number of hydrogen-bond acceptors (Lipinski definition) is 6. The van der Waals surface area contributed by atoms with Crippen molar-refractivity contribution < 1.29 is 27.5 Å². The van der Waals surface area contributed by atoms with E-state index < -0.39 is 15.9 Å². The van der Waals surface area contributed by atoms with Gasteiger partial charge in [-0.1, -0.05) is 12.1 Å². The lowest BCUT2D eigenvalue weighted by molar-refractivity contribution is -0.126. The largest absolute Gasteiger partial charge is 0.497 e. The number of aryl methyl sites for hydroxylation is 1. The summed E-state index contributed by atoms with van der Waals surface area (Å²) in [4.78, 5) is 24.4. The maximum atomic E-state index is 13.4. The molecule has 2 amide bonds. The molecule has 2 aliphatic rings. The van der Waals surface area contributed by atoms with Gasteiger partial charge in [0, 0.05) is 25.7 Å². The van der Waals surface area contributed by atoms with Gasteiger partial charge in [-0.2, -0.15) is 4.31 Å². The van der Waals surface area contributed by atoms with Gasteiger partial charge >= 0.3 is 0 Å². The van der Waals surface area contributed by atoms with Crippen molar-refractivity contribution in [3.63, 3.8) is 0 Å². The van der Waals surface area contributed by atoms with Crippen LogP contribution < -0.4 is 20.1 Å². The van der Waals surface area contributed by atoms with E-state index in [-0.39, 0.29) is 29.9 Å². The number of hydrogen-bond donors (Lipinski definition) is 2. The summed E-state index contributed by atoms with van der Waals surface area (Å²) in [6, 6.07) is 10.5. The van der Waals surface area contributed by atoms with E-state index in [1.54, 1.807) is 20.1 Å². The van der Waals surface area contributed by atoms with Crippen molar-refractivity contribution in [1.82, 2.24) is 9.62 Å². The molecule has 1 fully saturated rings. The molecular weight excluding hydrogens is 446 g/mol. The predicted molar refractivity (Wildman–Crippen MR) is 122 cm³/mol. The molecule has 2 N–H and O–H groups in total. The lowest BCUT2D eigenvalue weighted by atomic mass is 9.99. The number of amides is 2. The normalized spacial score (nSPS) is 18.6. The predicted octanol–water partition coefficient (Wildman–Crippen LogP) is 2.05. The molecule has 0 aromatic heterocycles. The average Bonchev–Trinajstić information content (AvgIpc) is 2.82. The van der Waals surface area contributed by atoms with E-state index in [4.69, 9.17) is 9.47 Å². The molecule has 2 heterocycles. The highest BCUT2D eigenvalue weighted by Crippen LogP contribution is 2.35. The molecule has 9 nitrogen and oxygen atoms in total. The van der Waals surface area contributed by atoms with Crippen LogP contribution in [-0.4, -0.2) is 51.3 Å². The number of ether oxygens (including phenoxy) is 2. The zero-order valence-corrected chi connectivity index (χ0v) is 19.4. The second kappa shape index (κ2) is 9.40. The first-order valence-electron chi connectivity index (χ1n) is 10.8. The van der Waals surface area contributed by atoms with Gasteiger partial charge in [-0.25, -0.2) is 8.42 Å². The van der Waals surface area contributed by atoms with Gasteiger partial charge in [0.25, 0.3) is 5.91 Å². The summed E-state index contributed by atoms with van der Waals surface area (Å²) >= 11 is 0. The average molecular weight is 474 g/mol. The fourth-order valence-corrected chi connectivity index (χ4v) is 5.83. The van der Waals surface area contributed by atoms with Gasteiger partial charge in [-0.3, -0.25) is 9.59 Å². The Hall–Kier alpha value is -3.11. The minimum atomic E-state index is -3.83. The number of benzene rings is 2. The second-order valence-electron chi connectivity index (χ2n) is 8.22. The zero-order chi connectivity index (χ0) is 23.6. The highest BCUT2D eigenvalue weighted by atomic mass is 32.2. The number of piperidine rings is 1. The third-order valence-corrected chi connectivity index (χ3v) is 7.92. The van der Waals surface area contributed by atoms with Crippen molar-refractivity contribution in [1.29, 1.82) is 0 Å². The maximum absolute atomic E-state index is 13.4. The molecule has 176 valence electrons. The van der Waals surface area contributed by atoms with Crippen LogP contribution >= 0.6 is 0 Å². The highest BCUT2D eigenvalue weighted by Gasteiger charge is 2.35. The van der Waals surface area contributed by atoms with Crippen LogP contribution in [0.5, 0.6) is 11.5 Å². The van der Waals surface area contributed by atoms with E-state index in [1.807, 2.05) is 24.3 Å². The number of carbonyl (C=O) groups excluding carboxylic acids is 2. The van der Waals surface area contributed by atoms with Crippen LogP contribution in [-0.2, 0) is 26.2 Å². The Labute approximate surface area is 193 Å². The standard InChI is InChI=1S/C23H27N3O6S/c1-15-10-19-20(32-14-22(27)25-19)11-21(15)33(29,30)26-9-3-4-17(13-26)23(28)24-12-16-5-7-18(31-2)8-6-16/h5-8,10-11,17H,3-4,9,12-14H2,1-2H3,(H,24,28)(H,25,27)/t17-/m1/s1. The molecule has 0 bridgehead atoms. The summed E-state index contributed by atoms with van der Waals surface area (Å²) in [5.74, 6) is 0.184. The van der Waals surface area contributed by atoms with Crippen LogP contribution in [0.4, 0.5) is 5.69 Å². The summed E-state index contributed by atoms with van der Waals surface area (Å²) in [6.07, 6.45) is 1.22. The van der Waals surface area contributed by atoms with E-state index in [9.17, 15) is 18.0 Å². The quantitative estimate of drug-likeness (QED) is 0.664. The molecule has 1 saturated heterocycles. The zero-order valence-electron chi connectivity index (χ0n) is 18.6. The van der Waals surface area contributed by atoms with Crippen LogP contribution in [0.3, 0.4) is 0 Å². The number of nitrogens with zero attached hydrogens (tertiary/aromatic N) is 1. The van der Waals surface area contributed by atoms with Crippen molar-refractivity contribution in [2.45, 2.75) is 31.2 Å².